The van der Waals surface area contributed by atoms with Gasteiger partial charge in [-0.15, -0.1) is 0 Å². The fraction of sp³-hybridized carbons (Fsp3) is 0. The van der Waals surface area contributed by atoms with Gasteiger partial charge in [0.2, 0.25) is 12.3 Å². The topological polar surface area (TPSA) is 55.5 Å². The number of nitrogens with two attached hydrogens (primary N) is 1. The fourth-order valence-corrected chi connectivity index (χ4v) is 0.799. The molecule has 1 rings (SSSR count). The largest absolute Gasteiger partial charge is 0.400 e. The zero-order chi connectivity index (χ0) is 7.40. The Labute approximate surface area is 63.2 Å². The first-order valence-corrected chi connectivity index (χ1v) is 3.36. The molecule has 0 amide bonds. The minimum absolute atomic E-state index is 0.308. The van der Waals surface area contributed by atoms with E-state index in [4.69, 9.17) is 10.3 Å². The highest BCUT2D eigenvalue weighted by Gasteiger charge is 1.91. The van der Waals surface area contributed by atoms with E-state index < -0.39 is 0 Å². The van der Waals surface area contributed by atoms with Crippen LogP contribution in [-0.4, -0.2) is 4.55 Å². The molecule has 0 spiro atoms. The van der Waals surface area contributed by atoms with E-state index in [1.165, 1.54) is 0 Å². The van der Waals surface area contributed by atoms with Crippen molar-refractivity contribution in [2.75, 3.05) is 5.73 Å². The van der Waals surface area contributed by atoms with Gasteiger partial charge in [0.05, 0.1) is 0 Å². The summed E-state index contributed by atoms with van der Waals surface area (Å²) in [4.78, 5) is 0. The van der Waals surface area contributed by atoms with E-state index in [1.54, 1.807) is 24.3 Å². The molecule has 0 heterocycles. The molecule has 0 radical (unpaired) electrons. The monoisotopic (exact) mass is 157 g/mol. The van der Waals surface area contributed by atoms with Gasteiger partial charge in [-0.3, -0.25) is 4.55 Å². The van der Waals surface area contributed by atoms with Gasteiger partial charge < -0.3 is 9.92 Å². The molecule has 0 fully saturated rings. The van der Waals surface area contributed by atoms with Crippen LogP contribution in [0.1, 0.15) is 0 Å². The highest BCUT2D eigenvalue weighted by molar-refractivity contribution is 7.89. The molecule has 1 aromatic carbocycles. The number of hydrogen-bond donors (Lipinski definition) is 2. The second kappa shape index (κ2) is 3.34. The van der Waals surface area contributed by atoms with Crippen LogP contribution < -0.4 is 9.92 Å². The van der Waals surface area contributed by atoms with Crippen LogP contribution in [0.25, 0.3) is 0 Å². The zero-order valence-corrected chi connectivity index (χ0v) is 5.97. The van der Waals surface area contributed by atoms with Crippen molar-refractivity contribution in [1.82, 2.24) is 0 Å². The summed E-state index contributed by atoms with van der Waals surface area (Å²) in [6.07, 6.45) is 0. The van der Waals surface area contributed by atoms with E-state index in [0.29, 0.717) is 23.8 Å². The minimum Gasteiger partial charge on any atom is -0.400 e. The summed E-state index contributed by atoms with van der Waals surface area (Å²) in [5, 5.41) is 0. The Hall–Kier alpha value is -0.870. The molecule has 0 bridgehead atoms. The average Bonchev–Trinajstić information content (AvgIpc) is 1.88. The van der Waals surface area contributed by atoms with Crippen molar-refractivity contribution in [1.29, 1.82) is 0 Å². The third kappa shape index (κ3) is 1.82. The van der Waals surface area contributed by atoms with Crippen LogP contribution >= 0.6 is 12.3 Å². The van der Waals surface area contributed by atoms with Crippen LogP contribution in [-0.2, 0) is 0 Å². The van der Waals surface area contributed by atoms with Gasteiger partial charge in [-0.1, -0.05) is 6.07 Å². The Kier molecular flexibility index (Phi) is 2.42. The third-order valence-corrected chi connectivity index (χ3v) is 1.26. The van der Waals surface area contributed by atoms with Crippen molar-refractivity contribution >= 4 is 18.0 Å². The van der Waals surface area contributed by atoms with Crippen molar-refractivity contribution in [2.24, 2.45) is 0 Å². The van der Waals surface area contributed by atoms with Gasteiger partial charge in [0.15, 0.2) is 0 Å². The molecule has 0 aliphatic heterocycles. The second-order valence-electron chi connectivity index (χ2n) is 1.73. The highest BCUT2D eigenvalue weighted by atomic mass is 32.2. The number of rotatable bonds is 2. The second-order valence-corrected chi connectivity index (χ2v) is 2.05. The number of benzene rings is 1. The van der Waals surface area contributed by atoms with Gasteiger partial charge in [-0.25, -0.2) is 0 Å². The summed E-state index contributed by atoms with van der Waals surface area (Å²) >= 11 is 0.308. The lowest BCUT2D eigenvalue weighted by Crippen LogP contribution is -1.84. The van der Waals surface area contributed by atoms with E-state index in [9.17, 15) is 0 Å². The van der Waals surface area contributed by atoms with Crippen LogP contribution in [0.5, 0.6) is 5.75 Å². The molecular weight excluding hydrogens is 150 g/mol. The average molecular weight is 157 g/mol. The maximum Gasteiger partial charge on any atom is 0.222 e. The Morgan fingerprint density at radius 1 is 1.50 bits per heavy atom. The molecule has 3 N–H and O–H groups in total. The fourth-order valence-electron chi connectivity index (χ4n) is 0.609. The summed E-state index contributed by atoms with van der Waals surface area (Å²) in [7, 11) is 0. The standard InChI is InChI=1S/C6H7NO2S/c7-5-2-1-3-6(4-5)9-10-8/h1-4,8H,7H2. The molecule has 10 heavy (non-hydrogen) atoms. The van der Waals surface area contributed by atoms with Gasteiger partial charge in [0, 0.05) is 11.8 Å². The number of nitrogen functional groups attached to an aromatic ring is 1. The van der Waals surface area contributed by atoms with Crippen LogP contribution in [0, 0.1) is 0 Å². The van der Waals surface area contributed by atoms with Crippen molar-refractivity contribution in [3.8, 4) is 5.75 Å². The van der Waals surface area contributed by atoms with Gasteiger partial charge in [0.25, 0.3) is 0 Å². The van der Waals surface area contributed by atoms with E-state index in [0.717, 1.165) is 0 Å². The number of anilines is 1. The molecule has 0 atom stereocenters. The van der Waals surface area contributed by atoms with Crippen molar-refractivity contribution in [3.63, 3.8) is 0 Å². The predicted molar refractivity (Wildman–Crippen MR) is 41.7 cm³/mol. The van der Waals surface area contributed by atoms with Gasteiger partial charge in [0.1, 0.15) is 5.75 Å². The Morgan fingerprint density at radius 3 is 2.90 bits per heavy atom. The van der Waals surface area contributed by atoms with Crippen LogP contribution in [0.15, 0.2) is 24.3 Å². The molecule has 0 saturated heterocycles. The van der Waals surface area contributed by atoms with Crippen LogP contribution in [0.4, 0.5) is 5.69 Å². The van der Waals surface area contributed by atoms with E-state index in [1.807, 2.05) is 0 Å². The van der Waals surface area contributed by atoms with Gasteiger partial charge >= 0.3 is 0 Å². The van der Waals surface area contributed by atoms with E-state index in [-0.39, 0.29) is 0 Å². The first-order chi connectivity index (χ1) is 4.83. The molecule has 54 valence electrons. The van der Waals surface area contributed by atoms with Crippen molar-refractivity contribution < 1.29 is 8.74 Å². The highest BCUT2D eigenvalue weighted by Crippen LogP contribution is 2.17. The Balaban J connectivity index is 2.75. The molecule has 1 aromatic rings. The lowest BCUT2D eigenvalue weighted by Gasteiger charge is -1.98. The maximum atomic E-state index is 8.26. The zero-order valence-electron chi connectivity index (χ0n) is 5.15. The molecule has 3 nitrogen and oxygen atoms in total. The Bertz CT molecular complexity index is 217. The van der Waals surface area contributed by atoms with Crippen molar-refractivity contribution in [2.45, 2.75) is 0 Å². The first kappa shape index (κ1) is 7.24. The summed E-state index contributed by atoms with van der Waals surface area (Å²) in [5.41, 5.74) is 6.04. The van der Waals surface area contributed by atoms with Crippen LogP contribution in [0.3, 0.4) is 0 Å². The summed E-state index contributed by atoms with van der Waals surface area (Å²) in [6, 6.07) is 6.83. The lowest BCUT2D eigenvalue weighted by atomic mass is 10.3. The summed E-state index contributed by atoms with van der Waals surface area (Å²) in [5.74, 6) is 0.549. The predicted octanol–water partition coefficient (Wildman–Crippen LogP) is 1.77. The molecule has 0 aromatic heterocycles. The molecule has 0 aliphatic carbocycles. The molecular formula is C6H7NO2S. The smallest absolute Gasteiger partial charge is 0.222 e. The Morgan fingerprint density at radius 2 is 2.30 bits per heavy atom. The van der Waals surface area contributed by atoms with E-state index >= 15 is 0 Å². The summed E-state index contributed by atoms with van der Waals surface area (Å²) in [6.45, 7) is 0. The summed E-state index contributed by atoms with van der Waals surface area (Å²) < 4.78 is 12.9. The first-order valence-electron chi connectivity index (χ1n) is 2.66. The van der Waals surface area contributed by atoms with Gasteiger partial charge in [-0.05, 0) is 12.1 Å². The molecule has 4 heteroatoms. The quantitative estimate of drug-likeness (QED) is 0.507. The number of hydrogen-bond acceptors (Lipinski definition) is 4. The molecule has 0 unspecified atom stereocenters. The molecule has 0 aliphatic rings. The maximum absolute atomic E-state index is 8.26. The van der Waals surface area contributed by atoms with Gasteiger partial charge in [-0.2, -0.15) is 0 Å². The minimum atomic E-state index is 0.308. The van der Waals surface area contributed by atoms with Crippen LogP contribution in [0.2, 0.25) is 0 Å². The van der Waals surface area contributed by atoms with Crippen molar-refractivity contribution in [3.05, 3.63) is 24.3 Å². The normalized spacial score (nSPS) is 9.30. The van der Waals surface area contributed by atoms with E-state index in [2.05, 4.69) is 4.18 Å². The SMILES string of the molecule is Nc1cccc(OSO)c1. The lowest BCUT2D eigenvalue weighted by molar-refractivity contribution is 0.541. The molecule has 0 saturated carbocycles. The third-order valence-electron chi connectivity index (χ3n) is 0.992.